The molecule has 0 unspecified atom stereocenters. The first-order valence-electron chi connectivity index (χ1n) is 4.30. The van der Waals surface area contributed by atoms with Crippen molar-refractivity contribution in [1.82, 2.24) is 4.90 Å². The molecule has 3 heteroatoms. The fourth-order valence-corrected chi connectivity index (χ4v) is 1.41. The summed E-state index contributed by atoms with van der Waals surface area (Å²) in [5, 5.41) is 0. The van der Waals surface area contributed by atoms with Crippen LogP contribution in [0.3, 0.4) is 0 Å². The molecule has 0 saturated carbocycles. The molecule has 0 spiro atoms. The highest BCUT2D eigenvalue weighted by atomic mass is 16.2. The van der Waals surface area contributed by atoms with Crippen LogP contribution in [0.2, 0.25) is 0 Å². The second-order valence-corrected chi connectivity index (χ2v) is 3.51. The van der Waals surface area contributed by atoms with E-state index in [-0.39, 0.29) is 17.9 Å². The molecule has 1 fully saturated rings. The normalized spacial score (nSPS) is 22.8. The molecule has 1 saturated heterocycles. The largest absolute Gasteiger partial charge is 0.334 e. The topological polar surface area (TPSA) is 24.7 Å². The van der Waals surface area contributed by atoms with E-state index in [9.17, 15) is 4.79 Å². The first-order valence-corrected chi connectivity index (χ1v) is 4.30. The Morgan fingerprint density at radius 1 is 1.67 bits per heavy atom. The highest BCUT2D eigenvalue weighted by Crippen LogP contribution is 2.14. The predicted molar refractivity (Wildman–Crippen MR) is 46.4 cm³/mol. The van der Waals surface area contributed by atoms with Gasteiger partial charge in [-0.2, -0.15) is 0 Å². The van der Waals surface area contributed by atoms with Crippen LogP contribution in [-0.4, -0.2) is 29.9 Å². The third kappa shape index (κ3) is 1.76. The second-order valence-electron chi connectivity index (χ2n) is 3.51. The lowest BCUT2D eigenvalue weighted by atomic mass is 10.2. The summed E-state index contributed by atoms with van der Waals surface area (Å²) in [5.74, 6) is 0.246. The number of nitrogens with zero attached hydrogens (tertiary/aromatic N) is 2. The molecule has 0 bridgehead atoms. The molecule has 1 aliphatic rings. The lowest BCUT2D eigenvalue weighted by Crippen LogP contribution is -2.32. The molecule has 66 valence electrons. The van der Waals surface area contributed by atoms with Crippen molar-refractivity contribution >= 4 is 5.91 Å². The van der Waals surface area contributed by atoms with Gasteiger partial charge in [0.2, 0.25) is 11.9 Å². The van der Waals surface area contributed by atoms with Gasteiger partial charge in [-0.05, 0) is 0 Å². The molecule has 1 aliphatic heterocycles. The quantitative estimate of drug-likeness (QED) is 0.536. The van der Waals surface area contributed by atoms with Gasteiger partial charge in [-0.1, -0.05) is 13.8 Å². The van der Waals surface area contributed by atoms with Crippen molar-refractivity contribution in [2.24, 2.45) is 5.92 Å². The van der Waals surface area contributed by atoms with Gasteiger partial charge in [0.1, 0.15) is 0 Å². The number of rotatable bonds is 1. The summed E-state index contributed by atoms with van der Waals surface area (Å²) in [6.45, 7) is 12.0. The zero-order chi connectivity index (χ0) is 9.14. The van der Waals surface area contributed by atoms with Gasteiger partial charge in [0.05, 0.1) is 6.54 Å². The van der Waals surface area contributed by atoms with Crippen molar-refractivity contribution in [3.05, 3.63) is 11.4 Å². The van der Waals surface area contributed by atoms with Crippen LogP contribution in [0.25, 0.3) is 4.85 Å². The first-order chi connectivity index (χ1) is 5.65. The molecule has 3 nitrogen and oxygen atoms in total. The minimum atomic E-state index is 0.0488. The van der Waals surface area contributed by atoms with Crippen LogP contribution in [-0.2, 0) is 4.79 Å². The van der Waals surface area contributed by atoms with E-state index in [0.717, 1.165) is 13.0 Å². The van der Waals surface area contributed by atoms with Crippen molar-refractivity contribution in [3.63, 3.8) is 0 Å². The van der Waals surface area contributed by atoms with E-state index >= 15 is 0 Å². The van der Waals surface area contributed by atoms with Gasteiger partial charge in [-0.3, -0.25) is 4.79 Å². The van der Waals surface area contributed by atoms with E-state index in [1.165, 1.54) is 0 Å². The Hall–Kier alpha value is -1.04. The Kier molecular flexibility index (Phi) is 2.69. The molecule has 1 amide bonds. The maximum Gasteiger partial charge on any atom is 0.242 e. The zero-order valence-corrected chi connectivity index (χ0v) is 7.58. The van der Waals surface area contributed by atoms with Crippen LogP contribution in [0.4, 0.5) is 0 Å². The molecule has 0 aromatic heterocycles. The summed E-state index contributed by atoms with van der Waals surface area (Å²) < 4.78 is 0. The van der Waals surface area contributed by atoms with Gasteiger partial charge in [0, 0.05) is 18.9 Å². The lowest BCUT2D eigenvalue weighted by Gasteiger charge is -2.16. The number of amides is 1. The van der Waals surface area contributed by atoms with E-state index in [0.29, 0.717) is 6.54 Å². The summed E-state index contributed by atoms with van der Waals surface area (Å²) in [7, 11) is 0. The first kappa shape index (κ1) is 9.05. The van der Waals surface area contributed by atoms with Crippen molar-refractivity contribution in [2.45, 2.75) is 26.3 Å². The standard InChI is InChI=1S/C9H14N2O/c1-7(2)9(12)11-5-4-8(6-11)10-3/h7-8H,4-6H2,1-2H3/t8-/m0/s1. The fraction of sp³-hybridized carbons (Fsp3) is 0.778. The van der Waals surface area contributed by atoms with Crippen LogP contribution in [0.5, 0.6) is 0 Å². The maximum atomic E-state index is 11.4. The number of likely N-dealkylation sites (tertiary alicyclic amines) is 1. The minimum Gasteiger partial charge on any atom is -0.334 e. The van der Waals surface area contributed by atoms with Gasteiger partial charge >= 0.3 is 0 Å². The van der Waals surface area contributed by atoms with Crippen LogP contribution in [0, 0.1) is 12.5 Å². The molecular formula is C9H14N2O. The molecular weight excluding hydrogens is 152 g/mol. The van der Waals surface area contributed by atoms with Crippen LogP contribution in [0.1, 0.15) is 20.3 Å². The summed E-state index contributed by atoms with van der Waals surface area (Å²) in [6.07, 6.45) is 0.849. The Balaban J connectivity index is 2.48. The molecule has 0 N–H and O–H groups in total. The Morgan fingerprint density at radius 3 is 2.75 bits per heavy atom. The van der Waals surface area contributed by atoms with Gasteiger partial charge in [-0.15, -0.1) is 0 Å². The highest BCUT2D eigenvalue weighted by Gasteiger charge is 2.30. The Morgan fingerprint density at radius 2 is 2.33 bits per heavy atom. The van der Waals surface area contributed by atoms with Gasteiger partial charge < -0.3 is 9.74 Å². The van der Waals surface area contributed by atoms with Gasteiger partial charge in [0.15, 0.2) is 0 Å². The van der Waals surface area contributed by atoms with Crippen LogP contribution >= 0.6 is 0 Å². The third-order valence-corrected chi connectivity index (χ3v) is 2.15. The van der Waals surface area contributed by atoms with E-state index < -0.39 is 0 Å². The second kappa shape index (κ2) is 3.57. The monoisotopic (exact) mass is 166 g/mol. The number of carbonyl (C=O) groups excluding carboxylic acids is 1. The summed E-state index contributed by atoms with van der Waals surface area (Å²) in [6, 6.07) is 0.0488. The van der Waals surface area contributed by atoms with Crippen molar-refractivity contribution < 1.29 is 4.79 Å². The van der Waals surface area contributed by atoms with Crippen molar-refractivity contribution in [2.75, 3.05) is 13.1 Å². The lowest BCUT2D eigenvalue weighted by molar-refractivity contribution is -0.133. The molecule has 0 aromatic carbocycles. The number of hydrogen-bond donors (Lipinski definition) is 0. The SMILES string of the molecule is [C-]#[N+][C@H]1CCN(C(=O)C(C)C)C1. The van der Waals surface area contributed by atoms with Crippen LogP contribution < -0.4 is 0 Å². The summed E-state index contributed by atoms with van der Waals surface area (Å²) in [4.78, 5) is 16.7. The average molecular weight is 166 g/mol. The van der Waals surface area contributed by atoms with E-state index in [1.807, 2.05) is 13.8 Å². The average Bonchev–Trinajstić information content (AvgIpc) is 2.50. The zero-order valence-electron chi connectivity index (χ0n) is 7.58. The summed E-state index contributed by atoms with van der Waals surface area (Å²) in [5.41, 5.74) is 0. The number of hydrogen-bond acceptors (Lipinski definition) is 1. The van der Waals surface area contributed by atoms with E-state index in [2.05, 4.69) is 4.85 Å². The van der Waals surface area contributed by atoms with Crippen molar-refractivity contribution in [3.8, 4) is 0 Å². The molecule has 0 aliphatic carbocycles. The maximum absolute atomic E-state index is 11.4. The molecule has 0 radical (unpaired) electrons. The van der Waals surface area contributed by atoms with E-state index in [1.54, 1.807) is 4.90 Å². The highest BCUT2D eigenvalue weighted by molar-refractivity contribution is 5.78. The van der Waals surface area contributed by atoms with Crippen molar-refractivity contribution in [1.29, 1.82) is 0 Å². The van der Waals surface area contributed by atoms with E-state index in [4.69, 9.17) is 6.57 Å². The predicted octanol–water partition coefficient (Wildman–Crippen LogP) is 1.16. The molecule has 12 heavy (non-hydrogen) atoms. The smallest absolute Gasteiger partial charge is 0.242 e. The molecule has 1 atom stereocenters. The fourth-order valence-electron chi connectivity index (χ4n) is 1.41. The minimum absolute atomic E-state index is 0.0488. The Labute approximate surface area is 73.2 Å². The van der Waals surface area contributed by atoms with Gasteiger partial charge in [-0.25, -0.2) is 6.57 Å². The van der Waals surface area contributed by atoms with Crippen LogP contribution in [0.15, 0.2) is 0 Å². The Bertz CT molecular complexity index is 217. The molecule has 0 aromatic rings. The number of carbonyl (C=O) groups is 1. The third-order valence-electron chi connectivity index (χ3n) is 2.15. The molecule has 1 heterocycles. The van der Waals surface area contributed by atoms with Gasteiger partial charge in [0.25, 0.3) is 0 Å². The molecule has 1 rings (SSSR count). The summed E-state index contributed by atoms with van der Waals surface area (Å²) >= 11 is 0.